The van der Waals surface area contributed by atoms with Crippen molar-refractivity contribution in [2.75, 3.05) is 0 Å². The summed E-state index contributed by atoms with van der Waals surface area (Å²) in [5, 5.41) is 10.1. The van der Waals surface area contributed by atoms with Gasteiger partial charge in [-0.3, -0.25) is 14.1 Å². The molecule has 0 saturated heterocycles. The molecule has 0 fully saturated rings. The fourth-order valence-electron chi connectivity index (χ4n) is 1.96. The third kappa shape index (κ3) is 3.02. The fourth-order valence-corrected chi connectivity index (χ4v) is 2.32. The topological polar surface area (TPSA) is 111 Å². The van der Waals surface area contributed by atoms with Crippen LogP contribution in [0.3, 0.4) is 0 Å². The molecule has 0 aliphatic carbocycles. The normalized spacial score (nSPS) is 12.2. The molecule has 3 rings (SSSR count). The Kier molecular flexibility index (Phi) is 3.94. The van der Waals surface area contributed by atoms with Gasteiger partial charge < -0.3 is 9.87 Å². The quantitative estimate of drug-likeness (QED) is 0.701. The number of rotatable bonds is 4. The second-order valence-electron chi connectivity index (χ2n) is 4.59. The number of carbonyl (C=O) groups is 1. The Balaban J connectivity index is 1.67. The number of aromatic nitrogens is 3. The van der Waals surface area contributed by atoms with Gasteiger partial charge in [-0.15, -0.1) is 0 Å². The lowest BCUT2D eigenvalue weighted by Crippen LogP contribution is -2.22. The number of hydrogen-bond donors (Lipinski definition) is 2. The average molecular weight is 315 g/mol. The second kappa shape index (κ2) is 6.04. The SMILES string of the molecule is O=C(NCc1ccc(S(=O)[O-])cc1)c1cnc2[nH]ncc2c1. The van der Waals surface area contributed by atoms with Crippen molar-refractivity contribution in [1.29, 1.82) is 0 Å². The van der Waals surface area contributed by atoms with Crippen LogP contribution < -0.4 is 5.32 Å². The summed E-state index contributed by atoms with van der Waals surface area (Å²) in [6.45, 7) is 0.300. The van der Waals surface area contributed by atoms with Gasteiger partial charge in [-0.25, -0.2) is 4.98 Å². The minimum Gasteiger partial charge on any atom is -0.768 e. The standard InChI is InChI=1S/C14H12N4O3S/c19-14(11-5-10-8-17-18-13(10)15-7-11)16-6-9-1-3-12(4-2-9)22(20)21/h1-5,7-8H,6H2,(H,16,19)(H,20,21)(H,15,17,18)/p-1. The predicted octanol–water partition coefficient (Wildman–Crippen LogP) is 1.13. The van der Waals surface area contributed by atoms with Gasteiger partial charge in [0.25, 0.3) is 5.91 Å². The average Bonchev–Trinajstić information content (AvgIpc) is 3.00. The van der Waals surface area contributed by atoms with Crippen molar-refractivity contribution in [3.05, 3.63) is 53.9 Å². The molecule has 1 aromatic carbocycles. The maximum Gasteiger partial charge on any atom is 0.253 e. The smallest absolute Gasteiger partial charge is 0.253 e. The molecule has 7 nitrogen and oxygen atoms in total. The van der Waals surface area contributed by atoms with E-state index in [1.807, 2.05) is 0 Å². The molecule has 1 amide bonds. The monoisotopic (exact) mass is 315 g/mol. The Morgan fingerprint density at radius 1 is 1.27 bits per heavy atom. The van der Waals surface area contributed by atoms with Crippen LogP contribution in [0.5, 0.6) is 0 Å². The molecule has 1 atom stereocenters. The van der Waals surface area contributed by atoms with Crippen LogP contribution >= 0.6 is 0 Å². The predicted molar refractivity (Wildman–Crippen MR) is 78.7 cm³/mol. The van der Waals surface area contributed by atoms with Crippen molar-refractivity contribution >= 4 is 28.0 Å². The number of benzene rings is 1. The highest BCUT2D eigenvalue weighted by atomic mass is 32.2. The van der Waals surface area contributed by atoms with Gasteiger partial charge in [0.05, 0.1) is 11.8 Å². The first-order chi connectivity index (χ1) is 10.6. The van der Waals surface area contributed by atoms with E-state index in [0.29, 0.717) is 17.8 Å². The van der Waals surface area contributed by atoms with Gasteiger partial charge in [0.2, 0.25) is 0 Å². The lowest BCUT2D eigenvalue weighted by Gasteiger charge is -2.08. The molecule has 0 aliphatic heterocycles. The zero-order valence-electron chi connectivity index (χ0n) is 11.3. The molecule has 0 radical (unpaired) electrons. The van der Waals surface area contributed by atoms with Crippen molar-refractivity contribution in [2.24, 2.45) is 0 Å². The van der Waals surface area contributed by atoms with E-state index in [0.717, 1.165) is 10.9 Å². The van der Waals surface area contributed by atoms with Crippen LogP contribution in [-0.2, 0) is 17.6 Å². The molecular formula is C14H11N4O3S-. The van der Waals surface area contributed by atoms with E-state index in [2.05, 4.69) is 20.5 Å². The minimum atomic E-state index is -2.24. The Labute approximate surface area is 128 Å². The van der Waals surface area contributed by atoms with E-state index in [-0.39, 0.29) is 10.8 Å². The molecule has 2 aromatic heterocycles. The van der Waals surface area contributed by atoms with Crippen molar-refractivity contribution < 1.29 is 13.6 Å². The molecule has 112 valence electrons. The number of nitrogens with one attached hydrogen (secondary N) is 2. The van der Waals surface area contributed by atoms with Gasteiger partial charge >= 0.3 is 0 Å². The number of carbonyl (C=O) groups excluding carboxylic acids is 1. The summed E-state index contributed by atoms with van der Waals surface area (Å²) in [6, 6.07) is 7.99. The largest absolute Gasteiger partial charge is 0.768 e. The molecule has 0 saturated carbocycles. The molecular weight excluding hydrogens is 304 g/mol. The molecule has 1 unspecified atom stereocenters. The molecule has 0 spiro atoms. The molecule has 22 heavy (non-hydrogen) atoms. The number of H-pyrrole nitrogens is 1. The third-order valence-corrected chi connectivity index (χ3v) is 3.78. The molecule has 3 aromatic rings. The number of amides is 1. The summed E-state index contributed by atoms with van der Waals surface area (Å²) in [6.07, 6.45) is 3.07. The zero-order valence-corrected chi connectivity index (χ0v) is 12.1. The van der Waals surface area contributed by atoms with Gasteiger partial charge in [0.15, 0.2) is 5.65 Å². The number of hydrogen-bond acceptors (Lipinski definition) is 5. The van der Waals surface area contributed by atoms with E-state index in [1.54, 1.807) is 24.4 Å². The minimum absolute atomic E-state index is 0.213. The maximum atomic E-state index is 12.1. The number of nitrogens with zero attached hydrogens (tertiary/aromatic N) is 2. The van der Waals surface area contributed by atoms with Crippen molar-refractivity contribution in [2.45, 2.75) is 11.4 Å². The third-order valence-electron chi connectivity index (χ3n) is 3.12. The van der Waals surface area contributed by atoms with Gasteiger partial charge in [0, 0.05) is 23.0 Å². The zero-order chi connectivity index (χ0) is 15.5. The highest BCUT2D eigenvalue weighted by molar-refractivity contribution is 7.79. The van der Waals surface area contributed by atoms with Crippen LogP contribution in [0, 0.1) is 0 Å². The van der Waals surface area contributed by atoms with E-state index in [9.17, 15) is 13.6 Å². The molecule has 0 bridgehead atoms. The summed E-state index contributed by atoms with van der Waals surface area (Å²) in [5.41, 5.74) is 1.86. The number of aromatic amines is 1. The Hall–Kier alpha value is -2.58. The highest BCUT2D eigenvalue weighted by Crippen LogP contribution is 2.10. The van der Waals surface area contributed by atoms with Gasteiger partial charge in [-0.05, 0) is 34.8 Å². The van der Waals surface area contributed by atoms with E-state index in [4.69, 9.17) is 0 Å². The van der Waals surface area contributed by atoms with Crippen LogP contribution in [0.1, 0.15) is 15.9 Å². The summed E-state index contributed by atoms with van der Waals surface area (Å²) < 4.78 is 21.5. The summed E-state index contributed by atoms with van der Waals surface area (Å²) in [5.74, 6) is -0.257. The number of fused-ring (bicyclic) bond motifs is 1. The molecule has 2 N–H and O–H groups in total. The Morgan fingerprint density at radius 2 is 2.05 bits per heavy atom. The lowest BCUT2D eigenvalue weighted by atomic mass is 10.2. The van der Waals surface area contributed by atoms with Crippen LogP contribution in [0.25, 0.3) is 11.0 Å². The fraction of sp³-hybridized carbons (Fsp3) is 0.0714. The van der Waals surface area contributed by atoms with Crippen LogP contribution in [0.2, 0.25) is 0 Å². The van der Waals surface area contributed by atoms with Crippen LogP contribution in [0.15, 0.2) is 47.6 Å². The van der Waals surface area contributed by atoms with Crippen LogP contribution in [0.4, 0.5) is 0 Å². The van der Waals surface area contributed by atoms with Gasteiger partial charge in [0.1, 0.15) is 0 Å². The first-order valence-electron chi connectivity index (χ1n) is 6.39. The summed E-state index contributed by atoms with van der Waals surface area (Å²) in [7, 11) is 0. The molecule has 0 aliphatic rings. The van der Waals surface area contributed by atoms with E-state index < -0.39 is 11.1 Å². The van der Waals surface area contributed by atoms with Crippen molar-refractivity contribution in [3.63, 3.8) is 0 Å². The molecule has 8 heteroatoms. The van der Waals surface area contributed by atoms with Gasteiger partial charge in [-0.1, -0.05) is 12.1 Å². The van der Waals surface area contributed by atoms with Crippen molar-refractivity contribution in [3.8, 4) is 0 Å². The maximum absolute atomic E-state index is 12.1. The van der Waals surface area contributed by atoms with E-state index >= 15 is 0 Å². The number of pyridine rings is 1. The Bertz CT molecular complexity index is 845. The second-order valence-corrected chi connectivity index (χ2v) is 5.53. The van der Waals surface area contributed by atoms with Crippen molar-refractivity contribution in [1.82, 2.24) is 20.5 Å². The highest BCUT2D eigenvalue weighted by Gasteiger charge is 2.08. The van der Waals surface area contributed by atoms with Gasteiger partial charge in [-0.2, -0.15) is 5.10 Å². The Morgan fingerprint density at radius 3 is 2.77 bits per heavy atom. The van der Waals surface area contributed by atoms with E-state index in [1.165, 1.54) is 18.3 Å². The molecule has 2 heterocycles. The first kappa shape index (κ1) is 14.4. The lowest BCUT2D eigenvalue weighted by molar-refractivity contribution is 0.0950. The first-order valence-corrected chi connectivity index (χ1v) is 7.46. The van der Waals surface area contributed by atoms with Crippen LogP contribution in [-0.4, -0.2) is 29.9 Å². The summed E-state index contributed by atoms with van der Waals surface area (Å²) in [4.78, 5) is 16.4. The summed E-state index contributed by atoms with van der Waals surface area (Å²) >= 11 is -2.24.